The van der Waals surface area contributed by atoms with Crippen LogP contribution in [0.2, 0.25) is 5.02 Å². The topological polar surface area (TPSA) is 68.5 Å². The summed E-state index contributed by atoms with van der Waals surface area (Å²) in [4.78, 5) is 19.3. The lowest BCUT2D eigenvalue weighted by Crippen LogP contribution is -2.50. The van der Waals surface area contributed by atoms with E-state index >= 15 is 0 Å². The molecule has 0 saturated heterocycles. The van der Waals surface area contributed by atoms with Crippen molar-refractivity contribution in [3.05, 3.63) is 65.5 Å². The summed E-state index contributed by atoms with van der Waals surface area (Å²) in [5.41, 5.74) is 0.388. The van der Waals surface area contributed by atoms with Crippen LogP contribution in [0.1, 0.15) is 33.6 Å². The highest BCUT2D eigenvalue weighted by molar-refractivity contribution is 6.30. The molecule has 7 heteroatoms. The van der Waals surface area contributed by atoms with Crippen molar-refractivity contribution < 1.29 is 14.1 Å². The van der Waals surface area contributed by atoms with Crippen LogP contribution in [0.5, 0.6) is 5.75 Å². The molecule has 0 fully saturated rings. The van der Waals surface area contributed by atoms with Crippen molar-refractivity contribution in [3.8, 4) is 17.1 Å². The van der Waals surface area contributed by atoms with Crippen molar-refractivity contribution in [1.82, 2.24) is 15.0 Å². The molecule has 0 aliphatic carbocycles. The SMILES string of the molecule is C[C@@H](Oc1cccc(Cl)c1)C(=O)N(Cc1nc(-c2ccccc2)no1)C(C)(C)C. The van der Waals surface area contributed by atoms with Gasteiger partial charge in [-0.2, -0.15) is 4.98 Å². The molecule has 1 atom stereocenters. The fourth-order valence-corrected chi connectivity index (χ4v) is 3.00. The Hall–Kier alpha value is -2.86. The van der Waals surface area contributed by atoms with Crippen LogP contribution in [0.3, 0.4) is 0 Å². The second-order valence-corrected chi connectivity index (χ2v) is 8.13. The number of carbonyl (C=O) groups excluding carboxylic acids is 1. The molecule has 0 aliphatic rings. The lowest BCUT2D eigenvalue weighted by atomic mass is 10.0. The Balaban J connectivity index is 1.76. The number of carbonyl (C=O) groups is 1. The molecule has 6 nitrogen and oxygen atoms in total. The van der Waals surface area contributed by atoms with Crippen LogP contribution in [-0.4, -0.2) is 32.6 Å². The molecule has 3 aromatic rings. The lowest BCUT2D eigenvalue weighted by Gasteiger charge is -2.36. The molecule has 0 spiro atoms. The molecule has 1 aromatic heterocycles. The van der Waals surface area contributed by atoms with Crippen molar-refractivity contribution in [3.63, 3.8) is 0 Å². The second-order valence-electron chi connectivity index (χ2n) is 7.69. The van der Waals surface area contributed by atoms with E-state index in [1.54, 1.807) is 36.1 Å². The summed E-state index contributed by atoms with van der Waals surface area (Å²) in [5.74, 6) is 1.21. The standard InChI is InChI=1S/C22H24ClN3O3/c1-15(28-18-12-8-11-17(23)13-18)21(27)26(22(2,3)4)14-19-24-20(25-29-19)16-9-6-5-7-10-16/h5-13,15H,14H2,1-4H3/t15-/m1/s1. The highest BCUT2D eigenvalue weighted by Crippen LogP contribution is 2.23. The van der Waals surface area contributed by atoms with E-state index in [1.165, 1.54) is 0 Å². The first-order chi connectivity index (χ1) is 13.7. The average molecular weight is 414 g/mol. The van der Waals surface area contributed by atoms with Crippen LogP contribution in [0.25, 0.3) is 11.4 Å². The van der Waals surface area contributed by atoms with Gasteiger partial charge in [-0.25, -0.2) is 0 Å². The summed E-state index contributed by atoms with van der Waals surface area (Å²) in [6.07, 6.45) is -0.704. The first-order valence-corrected chi connectivity index (χ1v) is 9.73. The minimum atomic E-state index is -0.704. The monoisotopic (exact) mass is 413 g/mol. The molecule has 29 heavy (non-hydrogen) atoms. The molecule has 1 amide bonds. The van der Waals surface area contributed by atoms with Gasteiger partial charge in [0.15, 0.2) is 6.10 Å². The zero-order chi connectivity index (χ0) is 21.0. The molecule has 152 valence electrons. The van der Waals surface area contributed by atoms with Gasteiger partial charge in [0.25, 0.3) is 5.91 Å². The van der Waals surface area contributed by atoms with Gasteiger partial charge in [-0.05, 0) is 45.9 Å². The molecule has 3 rings (SSSR count). The zero-order valence-electron chi connectivity index (χ0n) is 16.9. The summed E-state index contributed by atoms with van der Waals surface area (Å²) in [6, 6.07) is 16.5. The average Bonchev–Trinajstić information content (AvgIpc) is 3.14. The van der Waals surface area contributed by atoms with Crippen LogP contribution >= 0.6 is 11.6 Å². The Morgan fingerprint density at radius 1 is 1.17 bits per heavy atom. The molecule has 1 heterocycles. The Labute approximate surface area is 175 Å². The highest BCUT2D eigenvalue weighted by atomic mass is 35.5. The van der Waals surface area contributed by atoms with Gasteiger partial charge in [0.2, 0.25) is 11.7 Å². The Bertz CT molecular complexity index is 967. The van der Waals surface area contributed by atoms with E-state index in [1.807, 2.05) is 51.1 Å². The molecular weight excluding hydrogens is 390 g/mol. The summed E-state index contributed by atoms with van der Waals surface area (Å²) in [6.45, 7) is 7.75. The number of nitrogens with zero attached hydrogens (tertiary/aromatic N) is 3. The van der Waals surface area contributed by atoms with Crippen LogP contribution in [0, 0.1) is 0 Å². The predicted octanol–water partition coefficient (Wildman–Crippen LogP) is 4.98. The largest absolute Gasteiger partial charge is 0.481 e. The molecule has 0 saturated carbocycles. The first-order valence-electron chi connectivity index (χ1n) is 9.36. The summed E-state index contributed by atoms with van der Waals surface area (Å²) >= 11 is 6.00. The number of aromatic nitrogens is 2. The number of rotatable bonds is 6. The number of benzene rings is 2. The van der Waals surface area contributed by atoms with E-state index in [4.69, 9.17) is 20.9 Å². The van der Waals surface area contributed by atoms with Gasteiger partial charge in [0.05, 0.1) is 0 Å². The van der Waals surface area contributed by atoms with Gasteiger partial charge in [-0.15, -0.1) is 0 Å². The Kier molecular flexibility index (Phi) is 6.23. The zero-order valence-corrected chi connectivity index (χ0v) is 17.7. The first kappa shape index (κ1) is 20.9. The van der Waals surface area contributed by atoms with Gasteiger partial charge in [-0.3, -0.25) is 4.79 Å². The third-order valence-electron chi connectivity index (χ3n) is 4.33. The molecule has 0 radical (unpaired) electrons. The molecule has 2 aromatic carbocycles. The third-order valence-corrected chi connectivity index (χ3v) is 4.56. The van der Waals surface area contributed by atoms with Gasteiger partial charge >= 0.3 is 0 Å². The maximum atomic E-state index is 13.1. The van der Waals surface area contributed by atoms with Crippen LogP contribution in [0.4, 0.5) is 0 Å². The summed E-state index contributed by atoms with van der Waals surface area (Å²) in [5, 5.41) is 4.58. The van der Waals surface area contributed by atoms with Gasteiger partial charge < -0.3 is 14.2 Å². The fraction of sp³-hybridized carbons (Fsp3) is 0.318. The maximum absolute atomic E-state index is 13.1. The van der Waals surface area contributed by atoms with Gasteiger partial charge in [0, 0.05) is 16.1 Å². The number of hydrogen-bond acceptors (Lipinski definition) is 5. The molecular formula is C22H24ClN3O3. The minimum absolute atomic E-state index is 0.183. The quantitative estimate of drug-likeness (QED) is 0.569. The Morgan fingerprint density at radius 2 is 1.90 bits per heavy atom. The van der Waals surface area contributed by atoms with Gasteiger partial charge in [0.1, 0.15) is 12.3 Å². The minimum Gasteiger partial charge on any atom is -0.481 e. The van der Waals surface area contributed by atoms with E-state index in [2.05, 4.69) is 10.1 Å². The molecule has 0 N–H and O–H groups in total. The number of halogens is 1. The number of amides is 1. The van der Waals surface area contributed by atoms with Crippen molar-refractivity contribution in [1.29, 1.82) is 0 Å². The summed E-state index contributed by atoms with van der Waals surface area (Å²) < 4.78 is 11.2. The number of ether oxygens (including phenoxy) is 1. The van der Waals surface area contributed by atoms with Gasteiger partial charge in [-0.1, -0.05) is 53.2 Å². The third kappa shape index (κ3) is 5.35. The van der Waals surface area contributed by atoms with E-state index in [-0.39, 0.29) is 12.5 Å². The van der Waals surface area contributed by atoms with Crippen molar-refractivity contribution in [2.45, 2.75) is 45.9 Å². The second kappa shape index (κ2) is 8.66. The van der Waals surface area contributed by atoms with Crippen molar-refractivity contribution >= 4 is 17.5 Å². The predicted molar refractivity (Wildman–Crippen MR) is 112 cm³/mol. The fourth-order valence-electron chi connectivity index (χ4n) is 2.82. The van der Waals surface area contributed by atoms with Crippen LogP contribution in [-0.2, 0) is 11.3 Å². The van der Waals surface area contributed by atoms with Crippen molar-refractivity contribution in [2.75, 3.05) is 0 Å². The van der Waals surface area contributed by atoms with Crippen molar-refractivity contribution in [2.24, 2.45) is 0 Å². The summed E-state index contributed by atoms with van der Waals surface area (Å²) in [7, 11) is 0. The van der Waals surface area contributed by atoms with Crippen LogP contribution < -0.4 is 4.74 Å². The van der Waals surface area contributed by atoms with E-state index in [9.17, 15) is 4.79 Å². The van der Waals surface area contributed by atoms with Crippen LogP contribution in [0.15, 0.2) is 59.1 Å². The molecule has 0 aliphatic heterocycles. The number of hydrogen-bond donors (Lipinski definition) is 0. The van der Waals surface area contributed by atoms with E-state index in [0.29, 0.717) is 22.5 Å². The molecule has 0 bridgehead atoms. The Morgan fingerprint density at radius 3 is 2.55 bits per heavy atom. The lowest BCUT2D eigenvalue weighted by molar-refractivity contribution is -0.144. The maximum Gasteiger partial charge on any atom is 0.264 e. The normalized spacial score (nSPS) is 12.4. The smallest absolute Gasteiger partial charge is 0.264 e. The molecule has 0 unspecified atom stereocenters. The van der Waals surface area contributed by atoms with E-state index < -0.39 is 11.6 Å². The van der Waals surface area contributed by atoms with E-state index in [0.717, 1.165) is 5.56 Å². The highest BCUT2D eigenvalue weighted by Gasteiger charge is 2.32.